The van der Waals surface area contributed by atoms with Crippen LogP contribution in [0, 0.1) is 6.92 Å². The van der Waals surface area contributed by atoms with Crippen LogP contribution in [0.5, 0.6) is 5.75 Å². The summed E-state index contributed by atoms with van der Waals surface area (Å²) in [5.74, 6) is 1.33. The zero-order valence-electron chi connectivity index (χ0n) is 22.7. The molecule has 0 unspecified atom stereocenters. The lowest BCUT2D eigenvalue weighted by Gasteiger charge is -2.25. The molecule has 2 aromatic carbocycles. The molecule has 1 atom stereocenters. The third-order valence-electron chi connectivity index (χ3n) is 6.34. The molecule has 4 rings (SSSR count). The molecule has 0 spiro atoms. The van der Waals surface area contributed by atoms with Crippen molar-refractivity contribution in [1.82, 2.24) is 15.1 Å². The molecule has 0 saturated carbocycles. The molecule has 2 amide bonds. The molecule has 1 aromatic heterocycles. The van der Waals surface area contributed by atoms with Crippen molar-refractivity contribution in [2.24, 2.45) is 0 Å². The first-order chi connectivity index (χ1) is 17.5. The smallest absolute Gasteiger partial charge is 0.240 e. The molecule has 196 valence electrons. The molecular formula is C29H36N4O3S. The van der Waals surface area contributed by atoms with Gasteiger partial charge in [0, 0.05) is 17.0 Å². The number of carbonyl (C=O) groups excluding carboxylic acids is 2. The maximum atomic E-state index is 13.7. The molecule has 7 nitrogen and oxygen atoms in total. The summed E-state index contributed by atoms with van der Waals surface area (Å²) in [4.78, 5) is 28.3. The Labute approximate surface area is 223 Å². The third-order valence-corrected chi connectivity index (χ3v) is 7.58. The van der Waals surface area contributed by atoms with E-state index in [1.54, 1.807) is 23.8 Å². The minimum absolute atomic E-state index is 0.0280. The number of nitrogens with zero attached hydrogens (tertiary/aromatic N) is 3. The lowest BCUT2D eigenvalue weighted by Crippen LogP contribution is -2.44. The zero-order chi connectivity index (χ0) is 26.9. The molecule has 37 heavy (non-hydrogen) atoms. The van der Waals surface area contributed by atoms with Gasteiger partial charge in [-0.2, -0.15) is 5.10 Å². The standard InChI is InChI=1S/C29H36N4O3S/c1-18(2)30-23(34)16-32-24(35)17-37-26(22-11-9-8-10-19(22)3)25-27(29(4,5)6)31-33(28(25)32)20-12-14-21(36-7)15-13-20/h8-15,18,26H,16-17H2,1-7H3,(H,30,34)/t26-/m1/s1. The van der Waals surface area contributed by atoms with Gasteiger partial charge in [0.15, 0.2) is 0 Å². The van der Waals surface area contributed by atoms with Crippen LogP contribution >= 0.6 is 11.8 Å². The van der Waals surface area contributed by atoms with Gasteiger partial charge < -0.3 is 10.1 Å². The third kappa shape index (κ3) is 5.54. The van der Waals surface area contributed by atoms with Gasteiger partial charge in [-0.1, -0.05) is 45.0 Å². The van der Waals surface area contributed by atoms with Crippen LogP contribution in [0.15, 0.2) is 48.5 Å². The van der Waals surface area contributed by atoms with Crippen LogP contribution in [-0.4, -0.2) is 47.0 Å². The van der Waals surface area contributed by atoms with Gasteiger partial charge in [0.1, 0.15) is 18.1 Å². The van der Waals surface area contributed by atoms with Gasteiger partial charge in [-0.15, -0.1) is 11.8 Å². The van der Waals surface area contributed by atoms with Crippen molar-refractivity contribution in [3.05, 3.63) is 70.9 Å². The fraction of sp³-hybridized carbons (Fsp3) is 0.414. The molecule has 1 aliphatic heterocycles. The number of methoxy groups -OCH3 is 1. The maximum absolute atomic E-state index is 13.7. The number of benzene rings is 2. The van der Waals surface area contributed by atoms with Gasteiger partial charge in [0.05, 0.1) is 29.5 Å². The maximum Gasteiger partial charge on any atom is 0.240 e. The second-order valence-corrected chi connectivity index (χ2v) is 11.8. The number of aromatic nitrogens is 2. The number of hydrogen-bond donors (Lipinski definition) is 1. The summed E-state index contributed by atoms with van der Waals surface area (Å²) in [7, 11) is 1.63. The minimum atomic E-state index is -0.303. The SMILES string of the molecule is COc1ccc(-n2nc(C(C)(C)C)c3c2N(CC(=O)NC(C)C)C(=O)CS[C@@H]3c2ccccc2C)cc1. The van der Waals surface area contributed by atoms with Crippen molar-refractivity contribution in [2.45, 2.75) is 58.2 Å². The Balaban J connectivity index is 2.01. The average Bonchev–Trinajstić information content (AvgIpc) is 3.18. The van der Waals surface area contributed by atoms with Gasteiger partial charge >= 0.3 is 0 Å². The monoisotopic (exact) mass is 520 g/mol. The minimum Gasteiger partial charge on any atom is -0.497 e. The number of aryl methyl sites for hydroxylation is 1. The lowest BCUT2D eigenvalue weighted by atomic mass is 9.86. The van der Waals surface area contributed by atoms with Crippen LogP contribution in [0.25, 0.3) is 5.69 Å². The van der Waals surface area contributed by atoms with Crippen LogP contribution in [0.3, 0.4) is 0 Å². The van der Waals surface area contributed by atoms with Crippen LogP contribution in [0.2, 0.25) is 0 Å². The first kappa shape index (κ1) is 26.8. The fourth-order valence-corrected chi connectivity index (χ4v) is 5.91. The molecule has 8 heteroatoms. The van der Waals surface area contributed by atoms with E-state index in [0.29, 0.717) is 5.82 Å². The second-order valence-electron chi connectivity index (χ2n) is 10.7. The molecule has 0 radical (unpaired) electrons. The highest BCUT2D eigenvalue weighted by molar-refractivity contribution is 8.00. The summed E-state index contributed by atoms with van der Waals surface area (Å²) in [5, 5.41) is 7.95. The van der Waals surface area contributed by atoms with E-state index in [4.69, 9.17) is 9.84 Å². The predicted octanol–water partition coefficient (Wildman–Crippen LogP) is 5.18. The Kier molecular flexibility index (Phi) is 7.69. The number of amides is 2. The number of fused-ring (bicyclic) bond motifs is 1. The van der Waals surface area contributed by atoms with Crippen molar-refractivity contribution < 1.29 is 14.3 Å². The van der Waals surface area contributed by atoms with Crippen molar-refractivity contribution in [3.8, 4) is 11.4 Å². The summed E-state index contributed by atoms with van der Waals surface area (Å²) < 4.78 is 7.19. The highest BCUT2D eigenvalue weighted by atomic mass is 32.2. The molecule has 0 fully saturated rings. The van der Waals surface area contributed by atoms with Crippen molar-refractivity contribution in [3.63, 3.8) is 0 Å². The largest absolute Gasteiger partial charge is 0.497 e. The highest BCUT2D eigenvalue weighted by Crippen LogP contribution is 2.49. The Hall–Kier alpha value is -3.26. The van der Waals surface area contributed by atoms with Crippen LogP contribution in [0.1, 0.15) is 62.3 Å². The van der Waals surface area contributed by atoms with Crippen molar-refractivity contribution >= 4 is 29.4 Å². The van der Waals surface area contributed by atoms with E-state index in [-0.39, 0.29) is 40.8 Å². The van der Waals surface area contributed by atoms with E-state index in [1.807, 2.05) is 54.9 Å². The second kappa shape index (κ2) is 10.6. The highest BCUT2D eigenvalue weighted by Gasteiger charge is 2.40. The molecule has 0 saturated heterocycles. The fourth-order valence-electron chi connectivity index (χ4n) is 4.61. The molecule has 2 heterocycles. The quantitative estimate of drug-likeness (QED) is 0.485. The molecule has 1 aliphatic rings. The molecule has 3 aromatic rings. The zero-order valence-corrected chi connectivity index (χ0v) is 23.5. The Morgan fingerprint density at radius 2 is 1.84 bits per heavy atom. The summed E-state index contributed by atoms with van der Waals surface area (Å²) in [5.41, 5.74) is 4.68. The predicted molar refractivity (Wildman–Crippen MR) is 150 cm³/mol. The van der Waals surface area contributed by atoms with E-state index < -0.39 is 0 Å². The van der Waals surface area contributed by atoms with E-state index in [0.717, 1.165) is 33.8 Å². The molecule has 1 N–H and O–H groups in total. The van der Waals surface area contributed by atoms with E-state index in [2.05, 4.69) is 45.1 Å². The van der Waals surface area contributed by atoms with Gasteiger partial charge in [-0.05, 0) is 56.2 Å². The van der Waals surface area contributed by atoms with Gasteiger partial charge in [0.25, 0.3) is 0 Å². The molecular weight excluding hydrogens is 484 g/mol. The summed E-state index contributed by atoms with van der Waals surface area (Å²) in [6.07, 6.45) is 0. The first-order valence-electron chi connectivity index (χ1n) is 12.6. The first-order valence-corrected chi connectivity index (χ1v) is 13.6. The van der Waals surface area contributed by atoms with Gasteiger partial charge in [-0.25, -0.2) is 4.68 Å². The van der Waals surface area contributed by atoms with E-state index in [9.17, 15) is 9.59 Å². The topological polar surface area (TPSA) is 76.5 Å². The van der Waals surface area contributed by atoms with Gasteiger partial charge in [0.2, 0.25) is 11.8 Å². The van der Waals surface area contributed by atoms with E-state index in [1.165, 1.54) is 0 Å². The Morgan fingerprint density at radius 1 is 1.16 bits per heavy atom. The molecule has 0 aliphatic carbocycles. The summed E-state index contributed by atoms with van der Waals surface area (Å²) in [6.45, 7) is 12.3. The van der Waals surface area contributed by atoms with Crippen LogP contribution in [-0.2, 0) is 15.0 Å². The van der Waals surface area contributed by atoms with Crippen LogP contribution < -0.4 is 15.0 Å². The number of nitrogens with one attached hydrogen (secondary N) is 1. The number of ether oxygens (including phenoxy) is 1. The molecule has 0 bridgehead atoms. The lowest BCUT2D eigenvalue weighted by molar-refractivity contribution is -0.123. The number of hydrogen-bond acceptors (Lipinski definition) is 5. The average molecular weight is 521 g/mol. The Bertz CT molecular complexity index is 1290. The summed E-state index contributed by atoms with van der Waals surface area (Å²) >= 11 is 1.60. The Morgan fingerprint density at radius 3 is 2.43 bits per heavy atom. The number of rotatable bonds is 6. The summed E-state index contributed by atoms with van der Waals surface area (Å²) in [6, 6.07) is 15.9. The van der Waals surface area contributed by atoms with E-state index >= 15 is 0 Å². The normalized spacial score (nSPS) is 15.9. The van der Waals surface area contributed by atoms with Crippen LogP contribution in [0.4, 0.5) is 5.82 Å². The number of thioether (sulfide) groups is 1. The van der Waals surface area contributed by atoms with Gasteiger partial charge in [-0.3, -0.25) is 14.5 Å². The van der Waals surface area contributed by atoms with Crippen molar-refractivity contribution in [2.75, 3.05) is 24.3 Å². The number of anilines is 1. The van der Waals surface area contributed by atoms with Crippen molar-refractivity contribution in [1.29, 1.82) is 0 Å². The number of carbonyl (C=O) groups is 2.